The molecule has 0 aliphatic carbocycles. The summed E-state index contributed by atoms with van der Waals surface area (Å²) in [6, 6.07) is 7.88. The van der Waals surface area contributed by atoms with E-state index in [1.54, 1.807) is 0 Å². The molecule has 0 spiro atoms. The van der Waals surface area contributed by atoms with Crippen molar-refractivity contribution in [1.82, 2.24) is 10.3 Å². The zero-order valence-electron chi connectivity index (χ0n) is 9.29. The van der Waals surface area contributed by atoms with Crippen LogP contribution in [0.25, 0.3) is 10.9 Å². The third-order valence-corrected chi connectivity index (χ3v) is 3.58. The first-order valence-corrected chi connectivity index (χ1v) is 6.26. The van der Waals surface area contributed by atoms with Gasteiger partial charge in [0.25, 0.3) is 0 Å². The molecule has 4 heteroatoms. The Morgan fingerprint density at radius 3 is 3.06 bits per heavy atom. The summed E-state index contributed by atoms with van der Waals surface area (Å²) in [5.41, 5.74) is 3.33. The first-order chi connectivity index (χ1) is 8.31. The second-order valence-electron chi connectivity index (χ2n) is 4.30. The van der Waals surface area contributed by atoms with E-state index in [1.807, 2.05) is 18.2 Å². The molecule has 0 saturated heterocycles. The highest BCUT2D eigenvalue weighted by atomic mass is 35.5. The van der Waals surface area contributed by atoms with E-state index >= 15 is 0 Å². The fourth-order valence-electron chi connectivity index (χ4n) is 2.53. The lowest BCUT2D eigenvalue weighted by Gasteiger charge is -2.22. The number of H-pyrrole nitrogens is 1. The van der Waals surface area contributed by atoms with Gasteiger partial charge in [-0.3, -0.25) is 4.79 Å². The molecule has 1 unspecified atom stereocenters. The van der Waals surface area contributed by atoms with Gasteiger partial charge in [-0.2, -0.15) is 0 Å². The third-order valence-electron chi connectivity index (χ3n) is 3.31. The van der Waals surface area contributed by atoms with Crippen molar-refractivity contribution in [3.63, 3.8) is 0 Å². The predicted molar refractivity (Wildman–Crippen MR) is 68.5 cm³/mol. The highest BCUT2D eigenvalue weighted by molar-refractivity contribution is 6.28. The molecule has 3 rings (SSSR count). The van der Waals surface area contributed by atoms with Crippen molar-refractivity contribution in [2.45, 2.75) is 12.5 Å². The molecule has 1 aromatic carbocycles. The molecule has 2 aromatic rings. The smallest absolute Gasteiger partial charge is 0.170 e. The fourth-order valence-corrected chi connectivity index (χ4v) is 2.69. The van der Waals surface area contributed by atoms with Crippen molar-refractivity contribution in [2.24, 2.45) is 0 Å². The second kappa shape index (κ2) is 4.17. The van der Waals surface area contributed by atoms with E-state index in [4.69, 9.17) is 11.6 Å². The number of halogens is 1. The molecular formula is C13H13ClN2O. The van der Waals surface area contributed by atoms with E-state index in [2.05, 4.69) is 16.4 Å². The van der Waals surface area contributed by atoms with Gasteiger partial charge in [0.05, 0.1) is 5.88 Å². The van der Waals surface area contributed by atoms with Gasteiger partial charge in [0, 0.05) is 23.1 Å². The SMILES string of the molecule is O=C(CCl)C1NCCc2c1[nH]c1ccccc21. The van der Waals surface area contributed by atoms with Gasteiger partial charge in [0.1, 0.15) is 6.04 Å². The van der Waals surface area contributed by atoms with Gasteiger partial charge in [-0.25, -0.2) is 0 Å². The molecule has 88 valence electrons. The highest BCUT2D eigenvalue weighted by Gasteiger charge is 2.28. The summed E-state index contributed by atoms with van der Waals surface area (Å²) in [6.45, 7) is 0.822. The molecule has 1 aromatic heterocycles. The summed E-state index contributed by atoms with van der Waals surface area (Å²) in [6.07, 6.45) is 0.950. The Morgan fingerprint density at radius 2 is 2.24 bits per heavy atom. The minimum Gasteiger partial charge on any atom is -0.356 e. The molecule has 0 amide bonds. The number of fused-ring (bicyclic) bond motifs is 3. The predicted octanol–water partition coefficient (Wildman–Crippen LogP) is 2.16. The Balaban J connectivity index is 2.17. The van der Waals surface area contributed by atoms with Crippen LogP contribution in [-0.2, 0) is 11.2 Å². The van der Waals surface area contributed by atoms with Crippen LogP contribution in [0, 0.1) is 0 Å². The summed E-state index contributed by atoms with van der Waals surface area (Å²) < 4.78 is 0. The molecule has 3 nitrogen and oxygen atoms in total. The molecule has 1 aliphatic rings. The molecule has 2 heterocycles. The number of rotatable bonds is 2. The summed E-state index contributed by atoms with van der Waals surface area (Å²) in [5, 5.41) is 4.44. The Bertz CT molecular complexity index is 576. The van der Waals surface area contributed by atoms with Crippen LogP contribution in [0.4, 0.5) is 0 Å². The molecule has 1 aliphatic heterocycles. The Labute approximate surface area is 104 Å². The van der Waals surface area contributed by atoms with E-state index in [1.165, 1.54) is 10.9 Å². The number of carbonyl (C=O) groups is 1. The molecule has 0 saturated carbocycles. The third kappa shape index (κ3) is 1.66. The van der Waals surface area contributed by atoms with Crippen LogP contribution in [0.3, 0.4) is 0 Å². The number of Topliss-reactive ketones (excluding diaryl/α,β-unsaturated/α-hetero) is 1. The molecule has 17 heavy (non-hydrogen) atoms. The van der Waals surface area contributed by atoms with Crippen molar-refractivity contribution < 1.29 is 4.79 Å². The van der Waals surface area contributed by atoms with E-state index in [-0.39, 0.29) is 17.7 Å². The number of para-hydroxylation sites is 1. The number of hydrogen-bond donors (Lipinski definition) is 2. The summed E-state index contributed by atoms with van der Waals surface area (Å²) in [5.74, 6) is 0.0751. The molecule has 0 radical (unpaired) electrons. The minimum atomic E-state index is -0.274. The normalized spacial score (nSPS) is 19.2. The van der Waals surface area contributed by atoms with Crippen molar-refractivity contribution in [3.05, 3.63) is 35.5 Å². The van der Waals surface area contributed by atoms with E-state index < -0.39 is 0 Å². The number of carbonyl (C=O) groups excluding carboxylic acids is 1. The van der Waals surface area contributed by atoms with Crippen molar-refractivity contribution in [3.8, 4) is 0 Å². The average Bonchev–Trinajstić information content (AvgIpc) is 2.76. The topological polar surface area (TPSA) is 44.9 Å². The zero-order valence-corrected chi connectivity index (χ0v) is 10.1. The van der Waals surface area contributed by atoms with Crippen LogP contribution >= 0.6 is 11.6 Å². The van der Waals surface area contributed by atoms with Gasteiger partial charge >= 0.3 is 0 Å². The second-order valence-corrected chi connectivity index (χ2v) is 4.57. The maximum Gasteiger partial charge on any atom is 0.170 e. The monoisotopic (exact) mass is 248 g/mol. The maximum absolute atomic E-state index is 11.8. The van der Waals surface area contributed by atoms with Crippen LogP contribution in [0.1, 0.15) is 17.3 Å². The van der Waals surface area contributed by atoms with E-state index in [0.29, 0.717) is 0 Å². The fraction of sp³-hybridized carbons (Fsp3) is 0.308. The van der Waals surface area contributed by atoms with Crippen molar-refractivity contribution in [1.29, 1.82) is 0 Å². The van der Waals surface area contributed by atoms with Crippen LogP contribution in [0.2, 0.25) is 0 Å². The van der Waals surface area contributed by atoms with E-state index in [9.17, 15) is 4.79 Å². The summed E-state index contributed by atoms with van der Waals surface area (Å²) >= 11 is 5.65. The minimum absolute atomic E-state index is 0.0270. The molecule has 0 bridgehead atoms. The van der Waals surface area contributed by atoms with Crippen LogP contribution in [0.5, 0.6) is 0 Å². The van der Waals surface area contributed by atoms with E-state index in [0.717, 1.165) is 24.2 Å². The number of nitrogens with one attached hydrogen (secondary N) is 2. The summed E-state index contributed by atoms with van der Waals surface area (Å²) in [4.78, 5) is 15.1. The lowest BCUT2D eigenvalue weighted by molar-refractivity contribution is -0.119. The highest BCUT2D eigenvalue weighted by Crippen LogP contribution is 2.30. The lowest BCUT2D eigenvalue weighted by Crippen LogP contribution is -2.35. The first-order valence-electron chi connectivity index (χ1n) is 5.73. The van der Waals surface area contributed by atoms with Crippen LogP contribution in [-0.4, -0.2) is 23.2 Å². The standard InChI is InChI=1S/C13H13ClN2O/c14-7-11(17)13-12-9(5-6-15-13)8-3-1-2-4-10(8)16-12/h1-4,13,15-16H,5-7H2. The van der Waals surface area contributed by atoms with Gasteiger partial charge in [-0.15, -0.1) is 11.6 Å². The first kappa shape index (κ1) is 10.8. The number of hydrogen-bond acceptors (Lipinski definition) is 2. The quantitative estimate of drug-likeness (QED) is 0.800. The van der Waals surface area contributed by atoms with Crippen molar-refractivity contribution in [2.75, 3.05) is 12.4 Å². The van der Waals surface area contributed by atoms with Crippen molar-refractivity contribution >= 4 is 28.3 Å². The Kier molecular flexibility index (Phi) is 2.65. The maximum atomic E-state index is 11.8. The number of aromatic nitrogens is 1. The molecule has 1 atom stereocenters. The average molecular weight is 249 g/mol. The van der Waals surface area contributed by atoms with Gasteiger partial charge < -0.3 is 10.3 Å². The largest absolute Gasteiger partial charge is 0.356 e. The van der Waals surface area contributed by atoms with Gasteiger partial charge in [0.2, 0.25) is 0 Å². The summed E-state index contributed by atoms with van der Waals surface area (Å²) in [7, 11) is 0. The molecular weight excluding hydrogens is 236 g/mol. The van der Waals surface area contributed by atoms with Gasteiger partial charge in [0.15, 0.2) is 5.78 Å². The number of alkyl halides is 1. The lowest BCUT2D eigenvalue weighted by atomic mass is 9.97. The van der Waals surface area contributed by atoms with Crippen LogP contribution < -0.4 is 5.32 Å². The number of ketones is 1. The Morgan fingerprint density at radius 1 is 1.41 bits per heavy atom. The number of aromatic amines is 1. The number of benzene rings is 1. The zero-order chi connectivity index (χ0) is 11.8. The van der Waals surface area contributed by atoms with Crippen LogP contribution in [0.15, 0.2) is 24.3 Å². The molecule has 2 N–H and O–H groups in total. The molecule has 0 fully saturated rings. The van der Waals surface area contributed by atoms with Gasteiger partial charge in [-0.05, 0) is 18.1 Å². The van der Waals surface area contributed by atoms with Gasteiger partial charge in [-0.1, -0.05) is 18.2 Å². The Hall–Kier alpha value is -1.32.